The van der Waals surface area contributed by atoms with Gasteiger partial charge in [0.1, 0.15) is 11.4 Å². The molecule has 1 aliphatic carbocycles. The lowest BCUT2D eigenvalue weighted by Crippen LogP contribution is -2.27. The Morgan fingerprint density at radius 2 is 1.48 bits per heavy atom. The number of rotatable bonds is 3. The van der Waals surface area contributed by atoms with Crippen molar-refractivity contribution in [3.05, 3.63) is 116 Å². The van der Waals surface area contributed by atoms with Crippen molar-refractivity contribution in [1.82, 2.24) is 9.97 Å². The van der Waals surface area contributed by atoms with Gasteiger partial charge in [0.2, 0.25) is 0 Å². The zero-order valence-electron chi connectivity index (χ0n) is 16.9. The van der Waals surface area contributed by atoms with Crippen LogP contribution in [0.5, 0.6) is 0 Å². The summed E-state index contributed by atoms with van der Waals surface area (Å²) in [5, 5.41) is 3.13. The van der Waals surface area contributed by atoms with Crippen molar-refractivity contribution in [2.24, 2.45) is 0 Å². The normalized spacial score (nSPS) is 12.2. The second-order valence-electron chi connectivity index (χ2n) is 7.37. The molecule has 0 bridgehead atoms. The molecule has 1 heterocycles. The molecule has 8 heteroatoms. The molecule has 0 radical (unpaired) electrons. The van der Waals surface area contributed by atoms with E-state index in [4.69, 9.17) is 11.6 Å². The third-order valence-electron chi connectivity index (χ3n) is 5.36. The third-order valence-corrected chi connectivity index (χ3v) is 5.61. The quantitative estimate of drug-likeness (QED) is 0.425. The number of hydrogen-bond donors (Lipinski definition) is 2. The number of benzene rings is 3. The Morgan fingerprint density at radius 3 is 2.18 bits per heavy atom. The SMILES string of the molecule is O=C1c2ccccc2C(=O)c2c(NC(=O)c3cnc(-c4ccc(Cl)cc4)[nH]c3=O)cccc21. The van der Waals surface area contributed by atoms with Crippen LogP contribution in [-0.2, 0) is 0 Å². The van der Waals surface area contributed by atoms with Gasteiger partial charge in [0.15, 0.2) is 11.6 Å². The second-order valence-corrected chi connectivity index (χ2v) is 7.80. The predicted octanol–water partition coefficient (Wildman–Crippen LogP) is 4.12. The molecule has 0 spiro atoms. The van der Waals surface area contributed by atoms with Crippen LogP contribution in [-0.4, -0.2) is 27.4 Å². The Bertz CT molecular complexity index is 1520. The number of H-pyrrole nitrogens is 1. The predicted molar refractivity (Wildman–Crippen MR) is 123 cm³/mol. The van der Waals surface area contributed by atoms with E-state index in [1.165, 1.54) is 12.1 Å². The molecule has 1 aromatic heterocycles. The van der Waals surface area contributed by atoms with Gasteiger partial charge in [-0.2, -0.15) is 0 Å². The summed E-state index contributed by atoms with van der Waals surface area (Å²) in [6.45, 7) is 0. The van der Waals surface area contributed by atoms with Crippen molar-refractivity contribution in [3.8, 4) is 11.4 Å². The molecule has 4 aromatic rings. The fraction of sp³-hybridized carbons (Fsp3) is 0. The van der Waals surface area contributed by atoms with Crippen LogP contribution in [0.2, 0.25) is 5.02 Å². The molecule has 0 atom stereocenters. The van der Waals surface area contributed by atoms with Gasteiger partial charge in [-0.05, 0) is 30.3 Å². The lowest BCUT2D eigenvalue weighted by atomic mass is 9.83. The highest BCUT2D eigenvalue weighted by Crippen LogP contribution is 2.32. The number of fused-ring (bicyclic) bond motifs is 2. The lowest BCUT2D eigenvalue weighted by Gasteiger charge is -2.20. The van der Waals surface area contributed by atoms with Crippen molar-refractivity contribution in [2.75, 3.05) is 5.32 Å². The topological polar surface area (TPSA) is 109 Å². The molecule has 160 valence electrons. The van der Waals surface area contributed by atoms with Gasteiger partial charge in [-0.25, -0.2) is 4.98 Å². The number of nitrogens with one attached hydrogen (secondary N) is 2. The first-order chi connectivity index (χ1) is 15.9. The first kappa shape index (κ1) is 20.5. The van der Waals surface area contributed by atoms with E-state index in [0.717, 1.165) is 6.20 Å². The van der Waals surface area contributed by atoms with Gasteiger partial charge >= 0.3 is 0 Å². The van der Waals surface area contributed by atoms with E-state index in [-0.39, 0.29) is 45.3 Å². The van der Waals surface area contributed by atoms with Gasteiger partial charge < -0.3 is 10.3 Å². The fourth-order valence-electron chi connectivity index (χ4n) is 3.75. The molecule has 0 saturated carbocycles. The number of aromatic nitrogens is 2. The van der Waals surface area contributed by atoms with Crippen molar-refractivity contribution in [1.29, 1.82) is 0 Å². The first-order valence-corrected chi connectivity index (χ1v) is 10.3. The van der Waals surface area contributed by atoms with Crippen LogP contribution in [0.1, 0.15) is 42.2 Å². The average molecular weight is 456 g/mol. The number of ketones is 2. The summed E-state index contributed by atoms with van der Waals surface area (Å²) in [7, 11) is 0. The molecular weight excluding hydrogens is 442 g/mol. The molecule has 1 aliphatic rings. The highest BCUT2D eigenvalue weighted by molar-refractivity contribution is 6.31. The summed E-state index contributed by atoms with van der Waals surface area (Å²) in [5.41, 5.74) is 0.763. The van der Waals surface area contributed by atoms with E-state index in [1.807, 2.05) is 0 Å². The standard InChI is InChI=1S/C25H14ClN3O4/c26-14-10-8-13(9-11-14)23-27-12-18(25(33)29-23)24(32)28-19-7-3-6-17-20(19)22(31)16-5-2-1-4-15(16)21(17)30/h1-12H,(H,28,32)(H,27,29,33). The van der Waals surface area contributed by atoms with Crippen LogP contribution in [0, 0.1) is 0 Å². The summed E-state index contributed by atoms with van der Waals surface area (Å²) in [4.78, 5) is 58.1. The number of hydrogen-bond acceptors (Lipinski definition) is 5. The van der Waals surface area contributed by atoms with Crippen LogP contribution in [0.15, 0.2) is 77.7 Å². The molecule has 2 N–H and O–H groups in total. The van der Waals surface area contributed by atoms with Gasteiger partial charge in [-0.1, -0.05) is 48.0 Å². The average Bonchev–Trinajstić information content (AvgIpc) is 2.83. The summed E-state index contributed by atoms with van der Waals surface area (Å²) in [5.74, 6) is -1.15. The molecule has 0 unspecified atom stereocenters. The number of aromatic amines is 1. The molecular formula is C25H14ClN3O4. The Kier molecular flexibility index (Phi) is 4.95. The molecule has 33 heavy (non-hydrogen) atoms. The number of halogens is 1. The van der Waals surface area contributed by atoms with Crippen molar-refractivity contribution in [3.63, 3.8) is 0 Å². The Balaban J connectivity index is 1.48. The van der Waals surface area contributed by atoms with Crippen LogP contribution in [0.25, 0.3) is 11.4 Å². The van der Waals surface area contributed by atoms with Crippen LogP contribution < -0.4 is 10.9 Å². The molecule has 0 saturated heterocycles. The van der Waals surface area contributed by atoms with E-state index in [2.05, 4.69) is 15.3 Å². The number of nitrogens with zero attached hydrogens (tertiary/aromatic N) is 1. The Hall–Kier alpha value is -4.36. The van der Waals surface area contributed by atoms with Crippen LogP contribution in [0.4, 0.5) is 5.69 Å². The molecule has 7 nitrogen and oxygen atoms in total. The zero-order valence-corrected chi connectivity index (χ0v) is 17.6. The van der Waals surface area contributed by atoms with E-state index >= 15 is 0 Å². The molecule has 0 aliphatic heterocycles. The third kappa shape index (κ3) is 3.54. The van der Waals surface area contributed by atoms with E-state index in [1.54, 1.807) is 54.6 Å². The largest absolute Gasteiger partial charge is 0.321 e. The van der Waals surface area contributed by atoms with Crippen molar-refractivity contribution in [2.45, 2.75) is 0 Å². The summed E-state index contributed by atoms with van der Waals surface area (Å²) >= 11 is 5.88. The molecule has 5 rings (SSSR count). The zero-order chi connectivity index (χ0) is 23.1. The molecule has 3 aromatic carbocycles. The maximum Gasteiger partial charge on any atom is 0.264 e. The van der Waals surface area contributed by atoms with E-state index < -0.39 is 11.5 Å². The maximum absolute atomic E-state index is 13.1. The van der Waals surface area contributed by atoms with Gasteiger partial charge in [-0.15, -0.1) is 0 Å². The highest BCUT2D eigenvalue weighted by Gasteiger charge is 2.31. The van der Waals surface area contributed by atoms with E-state index in [0.29, 0.717) is 16.1 Å². The van der Waals surface area contributed by atoms with Crippen molar-refractivity contribution >= 4 is 34.8 Å². The summed E-state index contributed by atoms with van der Waals surface area (Å²) in [6.07, 6.45) is 1.16. The maximum atomic E-state index is 13.1. The smallest absolute Gasteiger partial charge is 0.264 e. The minimum atomic E-state index is -0.751. The fourth-order valence-corrected chi connectivity index (χ4v) is 3.88. The lowest BCUT2D eigenvalue weighted by molar-refractivity contribution is 0.0978. The second kappa shape index (κ2) is 7.96. The van der Waals surface area contributed by atoms with Gasteiger partial charge in [0.25, 0.3) is 11.5 Å². The van der Waals surface area contributed by atoms with Gasteiger partial charge in [0, 0.05) is 33.5 Å². The monoisotopic (exact) mass is 455 g/mol. The molecule has 0 fully saturated rings. The van der Waals surface area contributed by atoms with Gasteiger partial charge in [0.05, 0.1) is 11.3 Å². The van der Waals surface area contributed by atoms with E-state index in [9.17, 15) is 19.2 Å². The number of anilines is 1. The summed E-state index contributed by atoms with van der Waals surface area (Å²) in [6, 6.07) is 17.8. The van der Waals surface area contributed by atoms with Crippen molar-refractivity contribution < 1.29 is 14.4 Å². The Labute approximate surface area is 192 Å². The highest BCUT2D eigenvalue weighted by atomic mass is 35.5. The van der Waals surface area contributed by atoms with Crippen LogP contribution in [0.3, 0.4) is 0 Å². The molecule has 1 amide bonds. The van der Waals surface area contributed by atoms with Crippen LogP contribution >= 0.6 is 11.6 Å². The minimum absolute atomic E-state index is 0.0942. The first-order valence-electron chi connectivity index (χ1n) is 9.92. The van der Waals surface area contributed by atoms with Gasteiger partial charge in [-0.3, -0.25) is 19.2 Å². The number of amides is 1. The number of carbonyl (C=O) groups excluding carboxylic acids is 3. The minimum Gasteiger partial charge on any atom is -0.321 e. The number of carbonyl (C=O) groups is 3. The summed E-state index contributed by atoms with van der Waals surface area (Å²) < 4.78 is 0. The Morgan fingerprint density at radius 1 is 0.818 bits per heavy atom.